The highest BCUT2D eigenvalue weighted by atomic mass is 35.5. The largest absolute Gasteiger partial charge is 0.396 e. The SMILES string of the molecule is CC(C)(CCCO)CNC(=O)CSCc1cccc(Cl)c1. The lowest BCUT2D eigenvalue weighted by molar-refractivity contribution is -0.119. The summed E-state index contributed by atoms with van der Waals surface area (Å²) in [5.41, 5.74) is 1.15. The lowest BCUT2D eigenvalue weighted by Crippen LogP contribution is -2.35. The number of carbonyl (C=O) groups excluding carboxylic acids is 1. The van der Waals surface area contributed by atoms with Gasteiger partial charge in [-0.15, -0.1) is 11.8 Å². The zero-order valence-electron chi connectivity index (χ0n) is 12.7. The summed E-state index contributed by atoms with van der Waals surface area (Å²) >= 11 is 7.50. The van der Waals surface area contributed by atoms with Crippen LogP contribution in [-0.4, -0.2) is 29.9 Å². The third-order valence-electron chi connectivity index (χ3n) is 3.17. The topological polar surface area (TPSA) is 49.3 Å². The van der Waals surface area contributed by atoms with Crippen LogP contribution >= 0.6 is 23.4 Å². The second-order valence-electron chi connectivity index (χ2n) is 5.89. The highest BCUT2D eigenvalue weighted by Gasteiger charge is 2.18. The van der Waals surface area contributed by atoms with Crippen molar-refractivity contribution in [3.05, 3.63) is 34.9 Å². The smallest absolute Gasteiger partial charge is 0.230 e. The van der Waals surface area contributed by atoms with Gasteiger partial charge < -0.3 is 10.4 Å². The van der Waals surface area contributed by atoms with Crippen LogP contribution in [0.1, 0.15) is 32.3 Å². The normalized spacial score (nSPS) is 11.4. The number of nitrogens with one attached hydrogen (secondary N) is 1. The predicted molar refractivity (Wildman–Crippen MR) is 90.7 cm³/mol. The van der Waals surface area contributed by atoms with Crippen LogP contribution in [0.15, 0.2) is 24.3 Å². The molecule has 0 aliphatic rings. The number of amides is 1. The van der Waals surface area contributed by atoms with Crippen LogP contribution in [0, 0.1) is 5.41 Å². The first-order valence-electron chi connectivity index (χ1n) is 7.13. The van der Waals surface area contributed by atoms with Crippen molar-refractivity contribution in [2.75, 3.05) is 18.9 Å². The zero-order chi connectivity index (χ0) is 15.7. The maximum absolute atomic E-state index is 11.8. The minimum Gasteiger partial charge on any atom is -0.396 e. The van der Waals surface area contributed by atoms with E-state index in [1.807, 2.05) is 24.3 Å². The molecule has 0 saturated carbocycles. The minimum atomic E-state index is 0.0238. The van der Waals surface area contributed by atoms with Gasteiger partial charge in [0.1, 0.15) is 0 Å². The predicted octanol–water partition coefficient (Wildman–Crippen LogP) is 3.49. The first kappa shape index (κ1) is 18.3. The number of hydrogen-bond donors (Lipinski definition) is 2. The molecule has 0 spiro atoms. The Morgan fingerprint density at radius 1 is 1.43 bits per heavy atom. The molecule has 0 heterocycles. The number of benzene rings is 1. The zero-order valence-corrected chi connectivity index (χ0v) is 14.3. The van der Waals surface area contributed by atoms with Crippen molar-refractivity contribution in [3.8, 4) is 0 Å². The van der Waals surface area contributed by atoms with Gasteiger partial charge >= 0.3 is 0 Å². The Balaban J connectivity index is 2.22. The molecule has 21 heavy (non-hydrogen) atoms. The van der Waals surface area contributed by atoms with Gasteiger partial charge in [-0.05, 0) is 36.0 Å². The van der Waals surface area contributed by atoms with Gasteiger partial charge in [0.25, 0.3) is 0 Å². The quantitative estimate of drug-likeness (QED) is 0.729. The molecule has 0 radical (unpaired) electrons. The number of aliphatic hydroxyl groups is 1. The highest BCUT2D eigenvalue weighted by molar-refractivity contribution is 7.99. The molecule has 0 bridgehead atoms. The van der Waals surface area contributed by atoms with E-state index >= 15 is 0 Å². The lowest BCUT2D eigenvalue weighted by Gasteiger charge is -2.24. The molecule has 2 N–H and O–H groups in total. The maximum Gasteiger partial charge on any atom is 0.230 e. The fourth-order valence-corrected chi connectivity index (χ4v) is 2.94. The van der Waals surface area contributed by atoms with Crippen LogP contribution < -0.4 is 5.32 Å². The van der Waals surface area contributed by atoms with Gasteiger partial charge in [0.05, 0.1) is 5.75 Å². The average molecular weight is 330 g/mol. The number of halogens is 1. The third kappa shape index (κ3) is 8.34. The number of hydrogen-bond acceptors (Lipinski definition) is 3. The van der Waals surface area contributed by atoms with Crippen molar-refractivity contribution in [2.45, 2.75) is 32.4 Å². The molecule has 0 aliphatic carbocycles. The molecule has 0 aromatic heterocycles. The van der Waals surface area contributed by atoms with Crippen LogP contribution in [0.3, 0.4) is 0 Å². The van der Waals surface area contributed by atoms with Crippen LogP contribution in [0.4, 0.5) is 0 Å². The molecule has 1 aromatic rings. The van der Waals surface area contributed by atoms with E-state index in [0.717, 1.165) is 29.2 Å². The molecule has 0 saturated heterocycles. The van der Waals surface area contributed by atoms with E-state index in [9.17, 15) is 4.79 Å². The standard InChI is InChI=1S/C16H24ClNO2S/c1-16(2,7-4-8-19)12-18-15(20)11-21-10-13-5-3-6-14(17)9-13/h3,5-6,9,19H,4,7-8,10-12H2,1-2H3,(H,18,20). The Morgan fingerprint density at radius 2 is 2.19 bits per heavy atom. The van der Waals surface area contributed by atoms with Crippen LogP contribution in [0.25, 0.3) is 0 Å². The summed E-state index contributed by atoms with van der Waals surface area (Å²) < 4.78 is 0. The molecular weight excluding hydrogens is 306 g/mol. The van der Waals surface area contributed by atoms with Gasteiger partial charge in [0, 0.05) is 23.9 Å². The van der Waals surface area contributed by atoms with Crippen LogP contribution in [0.2, 0.25) is 5.02 Å². The summed E-state index contributed by atoms with van der Waals surface area (Å²) in [7, 11) is 0. The van der Waals surface area contributed by atoms with Crippen molar-refractivity contribution in [1.29, 1.82) is 0 Å². The summed E-state index contributed by atoms with van der Waals surface area (Å²) in [6, 6.07) is 7.69. The first-order chi connectivity index (χ1) is 9.93. The van der Waals surface area contributed by atoms with Gasteiger partial charge in [0.2, 0.25) is 5.91 Å². The minimum absolute atomic E-state index is 0.0238. The third-order valence-corrected chi connectivity index (χ3v) is 4.41. The van der Waals surface area contributed by atoms with Gasteiger partial charge in [-0.2, -0.15) is 0 Å². The second-order valence-corrected chi connectivity index (χ2v) is 7.31. The van der Waals surface area contributed by atoms with E-state index in [4.69, 9.17) is 16.7 Å². The Bertz CT molecular complexity index is 452. The van der Waals surface area contributed by atoms with E-state index < -0.39 is 0 Å². The lowest BCUT2D eigenvalue weighted by atomic mass is 9.88. The van der Waals surface area contributed by atoms with E-state index in [1.54, 1.807) is 11.8 Å². The number of aliphatic hydroxyl groups excluding tert-OH is 1. The molecule has 0 aliphatic heterocycles. The van der Waals surface area contributed by atoms with Gasteiger partial charge in [-0.3, -0.25) is 4.79 Å². The first-order valence-corrected chi connectivity index (χ1v) is 8.66. The molecule has 1 amide bonds. The fraction of sp³-hybridized carbons (Fsp3) is 0.562. The molecule has 1 rings (SSSR count). The summed E-state index contributed by atoms with van der Waals surface area (Å²) in [6.07, 6.45) is 1.67. The Kier molecular flexibility index (Phi) is 8.15. The van der Waals surface area contributed by atoms with E-state index in [2.05, 4.69) is 19.2 Å². The van der Waals surface area contributed by atoms with E-state index in [1.165, 1.54) is 0 Å². The Morgan fingerprint density at radius 3 is 2.86 bits per heavy atom. The van der Waals surface area contributed by atoms with Gasteiger partial charge in [0.15, 0.2) is 0 Å². The van der Waals surface area contributed by atoms with Crippen LogP contribution in [0.5, 0.6) is 0 Å². The Hall–Kier alpha value is -0.710. The monoisotopic (exact) mass is 329 g/mol. The van der Waals surface area contributed by atoms with Crippen molar-refractivity contribution in [2.24, 2.45) is 5.41 Å². The molecule has 0 fully saturated rings. The van der Waals surface area contributed by atoms with Crippen LogP contribution in [-0.2, 0) is 10.5 Å². The highest BCUT2D eigenvalue weighted by Crippen LogP contribution is 2.21. The Labute approximate surface area is 136 Å². The average Bonchev–Trinajstić information content (AvgIpc) is 2.43. The van der Waals surface area contributed by atoms with E-state index in [0.29, 0.717) is 12.3 Å². The molecular formula is C16H24ClNO2S. The summed E-state index contributed by atoms with van der Waals surface area (Å²) in [4.78, 5) is 11.8. The molecule has 3 nitrogen and oxygen atoms in total. The number of rotatable bonds is 9. The van der Waals surface area contributed by atoms with Gasteiger partial charge in [-0.1, -0.05) is 37.6 Å². The molecule has 0 atom stereocenters. The van der Waals surface area contributed by atoms with Crippen molar-refractivity contribution < 1.29 is 9.90 Å². The summed E-state index contributed by atoms with van der Waals surface area (Å²) in [5.74, 6) is 1.28. The molecule has 1 aromatic carbocycles. The summed E-state index contributed by atoms with van der Waals surface area (Å²) in [5, 5.41) is 12.5. The maximum atomic E-state index is 11.8. The summed E-state index contributed by atoms with van der Waals surface area (Å²) in [6.45, 7) is 5.04. The number of thioether (sulfide) groups is 1. The van der Waals surface area contributed by atoms with Crippen molar-refractivity contribution in [3.63, 3.8) is 0 Å². The fourth-order valence-electron chi connectivity index (χ4n) is 1.92. The number of carbonyl (C=O) groups is 1. The van der Waals surface area contributed by atoms with E-state index in [-0.39, 0.29) is 17.9 Å². The van der Waals surface area contributed by atoms with Gasteiger partial charge in [-0.25, -0.2) is 0 Å². The second kappa shape index (κ2) is 9.34. The molecule has 118 valence electrons. The van der Waals surface area contributed by atoms with Crippen molar-refractivity contribution >= 4 is 29.3 Å². The molecule has 5 heteroatoms. The molecule has 0 unspecified atom stereocenters. The van der Waals surface area contributed by atoms with Crippen molar-refractivity contribution in [1.82, 2.24) is 5.32 Å².